The number of hydrogen-bond acceptors (Lipinski definition) is 5. The molecule has 0 aliphatic carbocycles. The van der Waals surface area contributed by atoms with Crippen LogP contribution >= 0.6 is 0 Å². The van der Waals surface area contributed by atoms with E-state index in [4.69, 9.17) is 31.2 Å². The molecule has 0 aliphatic heterocycles. The van der Waals surface area contributed by atoms with Crippen LogP contribution in [0.3, 0.4) is 0 Å². The van der Waals surface area contributed by atoms with E-state index in [1.807, 2.05) is 0 Å². The molecule has 0 amide bonds. The van der Waals surface area contributed by atoms with Crippen molar-refractivity contribution in [2.45, 2.75) is 0 Å². The molecule has 0 saturated carbocycles. The van der Waals surface area contributed by atoms with Crippen molar-refractivity contribution in [1.82, 2.24) is 0 Å². The summed E-state index contributed by atoms with van der Waals surface area (Å²) in [7, 11) is 0. The van der Waals surface area contributed by atoms with Crippen LogP contribution in [0.4, 0.5) is 0 Å². The van der Waals surface area contributed by atoms with Crippen LogP contribution in [0.5, 0.6) is 0 Å². The minimum absolute atomic E-state index is 0. The van der Waals surface area contributed by atoms with Gasteiger partial charge in [0, 0.05) is 0 Å². The Hall–Kier alpha value is 0.721. The number of hydrogen-bond donors (Lipinski definition) is 2. The van der Waals surface area contributed by atoms with Crippen LogP contribution in [0.15, 0.2) is 0 Å². The number of rotatable bonds is 0. The summed E-state index contributed by atoms with van der Waals surface area (Å²) in [6.45, 7) is 0. The molecule has 0 aromatic heterocycles. The molecular formula is C2H2KO7V. The van der Waals surface area contributed by atoms with Gasteiger partial charge in [-0.15, -0.1) is 0 Å². The van der Waals surface area contributed by atoms with Gasteiger partial charge in [-0.1, -0.05) is 0 Å². The second-order valence-corrected chi connectivity index (χ2v) is 1.53. The van der Waals surface area contributed by atoms with Gasteiger partial charge >= 0.3 is 90.1 Å². The Labute approximate surface area is 108 Å². The zero-order valence-electron chi connectivity index (χ0n) is 5.38. The molecule has 2 N–H and O–H groups in total. The van der Waals surface area contributed by atoms with Gasteiger partial charge in [-0.05, 0) is 0 Å². The van der Waals surface area contributed by atoms with Crippen molar-refractivity contribution in [3.63, 3.8) is 0 Å². The maximum absolute atomic E-state index is 9.10. The summed E-state index contributed by atoms with van der Waals surface area (Å²) in [5.74, 6) is -3.65. The molecule has 9 heteroatoms. The molecule has 11 heavy (non-hydrogen) atoms. The molecule has 0 rings (SSSR count). The normalized spacial score (nSPS) is 6.27. The zero-order chi connectivity index (χ0) is 8.73. The van der Waals surface area contributed by atoms with Crippen LogP contribution in [0, 0.1) is 0 Å². The summed E-state index contributed by atoms with van der Waals surface area (Å²) in [6, 6.07) is 0. The Morgan fingerprint density at radius 2 is 1.18 bits per heavy atom. The van der Waals surface area contributed by atoms with Crippen LogP contribution in [-0.2, 0) is 32.3 Å². The van der Waals surface area contributed by atoms with E-state index in [2.05, 4.69) is 0 Å². The van der Waals surface area contributed by atoms with Crippen molar-refractivity contribution in [2.24, 2.45) is 0 Å². The Morgan fingerprint density at radius 1 is 1.09 bits per heavy atom. The predicted octanol–water partition coefficient (Wildman–Crippen LogP) is -5.27. The van der Waals surface area contributed by atoms with Crippen LogP contribution in [0.25, 0.3) is 0 Å². The van der Waals surface area contributed by atoms with Crippen LogP contribution in [-0.4, -0.2) is 22.2 Å². The summed E-state index contributed by atoms with van der Waals surface area (Å²) in [4.78, 5) is 18.2. The van der Waals surface area contributed by atoms with Gasteiger partial charge in [0.25, 0.3) is 0 Å². The fourth-order valence-electron chi connectivity index (χ4n) is 0. The Morgan fingerprint density at radius 3 is 1.18 bits per heavy atom. The molecule has 0 aliphatic rings. The first kappa shape index (κ1) is 17.7. The summed E-state index contributed by atoms with van der Waals surface area (Å²) >= 11 is -3.94. The van der Waals surface area contributed by atoms with Crippen LogP contribution < -0.4 is 55.4 Å². The van der Waals surface area contributed by atoms with Gasteiger partial charge in [0.1, 0.15) is 0 Å². The molecule has 0 aromatic rings. The molecule has 0 aromatic carbocycles. The summed E-state index contributed by atoms with van der Waals surface area (Å²) < 4.78 is 25.7. The first-order valence-corrected chi connectivity index (χ1v) is 3.36. The van der Waals surface area contributed by atoms with E-state index in [1.54, 1.807) is 0 Å². The summed E-state index contributed by atoms with van der Waals surface area (Å²) in [6.07, 6.45) is 0. The zero-order valence-corrected chi connectivity index (χ0v) is 9.90. The second-order valence-electron chi connectivity index (χ2n) is 0.834. The maximum atomic E-state index is 9.10. The first-order chi connectivity index (χ1) is 4.37. The van der Waals surface area contributed by atoms with Crippen molar-refractivity contribution < 1.29 is 98.0 Å². The number of aliphatic carboxylic acids is 2. The molecule has 0 heterocycles. The Kier molecular flexibility index (Phi) is 17.3. The standard InChI is InChI=1S/C2H2O4.K.3O.V/c3-1(4)2(5)6;;;;;/h(H,3,4)(H,5,6);;;;;/q;+1;;;-1;. The predicted molar refractivity (Wildman–Crippen MR) is 16.6 cm³/mol. The molecule has 7 nitrogen and oxygen atoms in total. The van der Waals surface area contributed by atoms with E-state index in [-0.39, 0.29) is 51.4 Å². The van der Waals surface area contributed by atoms with Crippen molar-refractivity contribution >= 4 is 11.9 Å². The molecule has 0 atom stereocenters. The van der Waals surface area contributed by atoms with Crippen molar-refractivity contribution in [3.8, 4) is 0 Å². The third-order valence-corrected chi connectivity index (χ3v) is 0.183. The third-order valence-electron chi connectivity index (χ3n) is 0.183. The van der Waals surface area contributed by atoms with Crippen molar-refractivity contribution in [1.29, 1.82) is 0 Å². The minimum atomic E-state index is -3.94. The molecule has 0 bridgehead atoms. The quantitative estimate of drug-likeness (QED) is 0.312. The van der Waals surface area contributed by atoms with E-state index in [9.17, 15) is 0 Å². The molecule has 0 unspecified atom stereocenters. The van der Waals surface area contributed by atoms with Gasteiger partial charge in [-0.25, -0.2) is 9.59 Å². The number of carboxylic acids is 2. The van der Waals surface area contributed by atoms with E-state index in [0.29, 0.717) is 0 Å². The molecule has 0 fully saturated rings. The van der Waals surface area contributed by atoms with Gasteiger partial charge in [0.15, 0.2) is 0 Å². The monoisotopic (exact) mass is 228 g/mol. The fraction of sp³-hybridized carbons (Fsp3) is 0. The van der Waals surface area contributed by atoms with E-state index in [1.165, 1.54) is 0 Å². The fourth-order valence-corrected chi connectivity index (χ4v) is 0. The van der Waals surface area contributed by atoms with Gasteiger partial charge in [0.2, 0.25) is 0 Å². The molecule has 58 valence electrons. The van der Waals surface area contributed by atoms with E-state index >= 15 is 0 Å². The first-order valence-electron chi connectivity index (χ1n) is 1.65. The SMILES string of the molecule is O=C(O)C(=O)O.[K+].[O]=[V](=[O])[O-]. The molecule has 0 radical (unpaired) electrons. The van der Waals surface area contributed by atoms with Gasteiger partial charge in [0.05, 0.1) is 0 Å². The molecule has 0 saturated heterocycles. The Bertz CT molecular complexity index is 175. The van der Waals surface area contributed by atoms with E-state index < -0.39 is 27.3 Å². The summed E-state index contributed by atoms with van der Waals surface area (Å²) in [5.41, 5.74) is 0. The number of carbonyl (C=O) groups is 2. The topological polar surface area (TPSA) is 132 Å². The average Bonchev–Trinajstić information content (AvgIpc) is 1.63. The van der Waals surface area contributed by atoms with Crippen molar-refractivity contribution in [2.75, 3.05) is 0 Å². The molecular weight excluding hydrogens is 226 g/mol. The van der Waals surface area contributed by atoms with Crippen LogP contribution in [0.1, 0.15) is 0 Å². The van der Waals surface area contributed by atoms with Gasteiger partial charge < -0.3 is 10.2 Å². The molecule has 0 spiro atoms. The van der Waals surface area contributed by atoms with E-state index in [0.717, 1.165) is 0 Å². The third kappa shape index (κ3) is 36.6. The van der Waals surface area contributed by atoms with Crippen LogP contribution in [0.2, 0.25) is 0 Å². The van der Waals surface area contributed by atoms with Gasteiger partial charge in [-0.2, -0.15) is 0 Å². The Balaban J connectivity index is -0.000000114. The second kappa shape index (κ2) is 10.7. The van der Waals surface area contributed by atoms with Gasteiger partial charge in [-0.3, -0.25) is 0 Å². The summed E-state index contributed by atoms with van der Waals surface area (Å²) in [5, 5.41) is 14.8. The number of carboxylic acid groups (broad SMARTS) is 2. The van der Waals surface area contributed by atoms with Crippen molar-refractivity contribution in [3.05, 3.63) is 0 Å². The average molecular weight is 228 g/mol.